The summed E-state index contributed by atoms with van der Waals surface area (Å²) in [5.41, 5.74) is 7.91. The van der Waals surface area contributed by atoms with Gasteiger partial charge in [0.2, 0.25) is 0 Å². The van der Waals surface area contributed by atoms with Crippen LogP contribution in [0.5, 0.6) is 5.75 Å². The maximum atomic E-state index is 6.11. The first-order valence-electron chi connectivity index (χ1n) is 6.43. The number of ether oxygens (including phenoxy) is 1. The molecule has 2 N–H and O–H groups in total. The third-order valence-corrected chi connectivity index (χ3v) is 2.85. The molecular weight excluding hydrogens is 212 g/mol. The van der Waals surface area contributed by atoms with Crippen LogP contribution in [-0.4, -0.2) is 20.2 Å². The fraction of sp³-hybridized carbons (Fsp3) is 0.571. The largest absolute Gasteiger partial charge is 0.492 e. The fourth-order valence-electron chi connectivity index (χ4n) is 1.87. The Labute approximate surface area is 105 Å². The van der Waals surface area contributed by atoms with Crippen molar-refractivity contribution in [2.45, 2.75) is 33.1 Å². The Kier molecular flexibility index (Phi) is 5.67. The third-order valence-electron chi connectivity index (χ3n) is 2.85. The molecule has 0 saturated carbocycles. The van der Waals surface area contributed by atoms with E-state index in [1.807, 2.05) is 25.1 Å². The van der Waals surface area contributed by atoms with Gasteiger partial charge in [-0.1, -0.05) is 25.8 Å². The van der Waals surface area contributed by atoms with Crippen LogP contribution in [0.15, 0.2) is 18.2 Å². The quantitative estimate of drug-likeness (QED) is 0.583. The van der Waals surface area contributed by atoms with E-state index in [0.717, 1.165) is 23.7 Å². The lowest BCUT2D eigenvalue weighted by molar-refractivity contribution is 0.342. The van der Waals surface area contributed by atoms with Gasteiger partial charge in [-0.25, -0.2) is 0 Å². The molecule has 1 aromatic carbocycles. The van der Waals surface area contributed by atoms with E-state index >= 15 is 0 Å². The summed E-state index contributed by atoms with van der Waals surface area (Å²) >= 11 is 0. The van der Waals surface area contributed by atoms with Crippen LogP contribution in [0, 0.1) is 0 Å². The van der Waals surface area contributed by atoms with Crippen LogP contribution in [0.3, 0.4) is 0 Å². The van der Waals surface area contributed by atoms with Gasteiger partial charge in [0.1, 0.15) is 5.75 Å². The lowest BCUT2D eigenvalue weighted by Crippen LogP contribution is -2.20. The molecule has 0 amide bonds. The smallest absolute Gasteiger partial charge is 0.144 e. The molecule has 3 nitrogen and oxygen atoms in total. The van der Waals surface area contributed by atoms with Gasteiger partial charge >= 0.3 is 0 Å². The summed E-state index contributed by atoms with van der Waals surface area (Å²) in [6.45, 7) is 5.86. The number of para-hydroxylation sites is 1. The molecule has 0 aliphatic rings. The number of nitrogen functional groups attached to an aromatic ring is 1. The topological polar surface area (TPSA) is 38.5 Å². The van der Waals surface area contributed by atoms with Crippen LogP contribution in [0.2, 0.25) is 0 Å². The number of hydrogen-bond donors (Lipinski definition) is 1. The number of nitrogens with two attached hydrogens (primary N) is 1. The average Bonchev–Trinajstić information content (AvgIpc) is 2.32. The van der Waals surface area contributed by atoms with E-state index in [-0.39, 0.29) is 0 Å². The van der Waals surface area contributed by atoms with Crippen molar-refractivity contribution in [2.75, 3.05) is 30.8 Å². The van der Waals surface area contributed by atoms with Gasteiger partial charge in [0.25, 0.3) is 0 Å². The summed E-state index contributed by atoms with van der Waals surface area (Å²) in [5.74, 6) is 0.785. The Bertz CT molecular complexity index is 339. The van der Waals surface area contributed by atoms with Gasteiger partial charge in [0.15, 0.2) is 0 Å². The van der Waals surface area contributed by atoms with Gasteiger partial charge in [0, 0.05) is 13.6 Å². The monoisotopic (exact) mass is 236 g/mol. The molecular formula is C14H24N2O. The molecule has 0 aliphatic carbocycles. The minimum Gasteiger partial charge on any atom is -0.492 e. The zero-order valence-corrected chi connectivity index (χ0v) is 11.2. The molecule has 1 rings (SSSR count). The van der Waals surface area contributed by atoms with Crippen molar-refractivity contribution in [3.8, 4) is 5.75 Å². The second-order valence-corrected chi connectivity index (χ2v) is 4.25. The molecule has 17 heavy (non-hydrogen) atoms. The Morgan fingerprint density at radius 3 is 2.65 bits per heavy atom. The zero-order chi connectivity index (χ0) is 12.7. The highest BCUT2D eigenvalue weighted by atomic mass is 16.5. The molecule has 0 bridgehead atoms. The lowest BCUT2D eigenvalue weighted by atomic mass is 10.2. The summed E-state index contributed by atoms with van der Waals surface area (Å²) in [6, 6.07) is 5.96. The van der Waals surface area contributed by atoms with Gasteiger partial charge < -0.3 is 15.4 Å². The van der Waals surface area contributed by atoms with Gasteiger partial charge in [-0.3, -0.25) is 0 Å². The highest BCUT2D eigenvalue weighted by Gasteiger charge is 2.09. The number of unbranched alkanes of at least 4 members (excludes halogenated alkanes) is 2. The molecule has 0 atom stereocenters. The van der Waals surface area contributed by atoms with Crippen LogP contribution < -0.4 is 15.4 Å². The molecule has 0 aromatic heterocycles. The van der Waals surface area contributed by atoms with Gasteiger partial charge in [0.05, 0.1) is 18.0 Å². The molecule has 0 fully saturated rings. The number of anilines is 2. The summed E-state index contributed by atoms with van der Waals surface area (Å²) in [4.78, 5) is 2.20. The molecule has 0 aliphatic heterocycles. The minimum absolute atomic E-state index is 0.646. The summed E-state index contributed by atoms with van der Waals surface area (Å²) in [7, 11) is 2.08. The van der Waals surface area contributed by atoms with Crippen LogP contribution in [0.1, 0.15) is 33.1 Å². The van der Waals surface area contributed by atoms with Crippen LogP contribution >= 0.6 is 0 Å². The molecule has 3 heteroatoms. The standard InChI is InChI=1S/C14H24N2O/c1-4-6-7-11-16(3)12-9-8-10-13(14(12)15)17-5-2/h8-10H,4-7,11,15H2,1-3H3. The van der Waals surface area contributed by atoms with Crippen LogP contribution in [0.25, 0.3) is 0 Å². The molecule has 96 valence electrons. The molecule has 1 aromatic rings. The Hall–Kier alpha value is -1.38. The maximum Gasteiger partial charge on any atom is 0.144 e. The van der Waals surface area contributed by atoms with Crippen molar-refractivity contribution in [1.82, 2.24) is 0 Å². The number of benzene rings is 1. The van der Waals surface area contributed by atoms with Crippen molar-refractivity contribution in [3.05, 3.63) is 18.2 Å². The first-order valence-corrected chi connectivity index (χ1v) is 6.43. The Balaban J connectivity index is 2.72. The summed E-state index contributed by atoms with van der Waals surface area (Å²) in [5, 5.41) is 0. The van der Waals surface area contributed by atoms with E-state index < -0.39 is 0 Å². The highest BCUT2D eigenvalue weighted by molar-refractivity contribution is 5.73. The van der Waals surface area contributed by atoms with Crippen molar-refractivity contribution in [2.24, 2.45) is 0 Å². The molecule has 0 radical (unpaired) electrons. The molecule has 0 saturated heterocycles. The van der Waals surface area contributed by atoms with Crippen LogP contribution in [0.4, 0.5) is 11.4 Å². The van der Waals surface area contributed by atoms with E-state index in [0.29, 0.717) is 6.61 Å². The summed E-state index contributed by atoms with van der Waals surface area (Å²) in [6.07, 6.45) is 3.70. The van der Waals surface area contributed by atoms with E-state index in [1.54, 1.807) is 0 Å². The molecule has 0 spiro atoms. The predicted molar refractivity (Wildman–Crippen MR) is 74.8 cm³/mol. The Morgan fingerprint density at radius 1 is 1.24 bits per heavy atom. The van der Waals surface area contributed by atoms with Crippen molar-refractivity contribution in [1.29, 1.82) is 0 Å². The first-order chi connectivity index (χ1) is 8.20. The maximum absolute atomic E-state index is 6.11. The average molecular weight is 236 g/mol. The normalized spacial score (nSPS) is 10.3. The van der Waals surface area contributed by atoms with Crippen molar-refractivity contribution < 1.29 is 4.74 Å². The van der Waals surface area contributed by atoms with E-state index in [1.165, 1.54) is 19.3 Å². The Morgan fingerprint density at radius 2 is 2.00 bits per heavy atom. The predicted octanol–water partition coefficient (Wildman–Crippen LogP) is 3.29. The molecule has 0 heterocycles. The second-order valence-electron chi connectivity index (χ2n) is 4.25. The fourth-order valence-corrected chi connectivity index (χ4v) is 1.87. The number of rotatable bonds is 7. The number of nitrogens with zero attached hydrogens (tertiary/aromatic N) is 1. The summed E-state index contributed by atoms with van der Waals surface area (Å²) < 4.78 is 5.50. The second kappa shape index (κ2) is 7.05. The van der Waals surface area contributed by atoms with E-state index in [2.05, 4.69) is 18.9 Å². The van der Waals surface area contributed by atoms with Gasteiger partial charge in [-0.2, -0.15) is 0 Å². The van der Waals surface area contributed by atoms with Crippen molar-refractivity contribution in [3.63, 3.8) is 0 Å². The van der Waals surface area contributed by atoms with Crippen LogP contribution in [-0.2, 0) is 0 Å². The lowest BCUT2D eigenvalue weighted by Gasteiger charge is -2.22. The number of hydrogen-bond acceptors (Lipinski definition) is 3. The van der Waals surface area contributed by atoms with Gasteiger partial charge in [-0.05, 0) is 25.5 Å². The first kappa shape index (κ1) is 13.7. The van der Waals surface area contributed by atoms with Gasteiger partial charge in [-0.15, -0.1) is 0 Å². The minimum atomic E-state index is 0.646. The SMILES string of the molecule is CCCCCN(C)c1cccc(OCC)c1N. The highest BCUT2D eigenvalue weighted by Crippen LogP contribution is 2.31. The zero-order valence-electron chi connectivity index (χ0n) is 11.2. The molecule has 0 unspecified atom stereocenters. The van der Waals surface area contributed by atoms with E-state index in [4.69, 9.17) is 10.5 Å². The third kappa shape index (κ3) is 3.84. The van der Waals surface area contributed by atoms with Crippen molar-refractivity contribution >= 4 is 11.4 Å². The van der Waals surface area contributed by atoms with E-state index in [9.17, 15) is 0 Å².